The van der Waals surface area contributed by atoms with E-state index < -0.39 is 0 Å². The molecule has 0 saturated carbocycles. The lowest BCUT2D eigenvalue weighted by atomic mass is 9.93. The Morgan fingerprint density at radius 3 is 2.58 bits per heavy atom. The first-order valence-corrected chi connectivity index (χ1v) is 11.0. The summed E-state index contributed by atoms with van der Waals surface area (Å²) in [6.45, 7) is 5.69. The molecule has 0 bridgehead atoms. The predicted octanol–water partition coefficient (Wildman–Crippen LogP) is 4.69. The van der Waals surface area contributed by atoms with Gasteiger partial charge in [-0.1, -0.05) is 30.3 Å². The highest BCUT2D eigenvalue weighted by atomic mass is 16.5. The van der Waals surface area contributed by atoms with Crippen molar-refractivity contribution in [3.8, 4) is 5.75 Å². The summed E-state index contributed by atoms with van der Waals surface area (Å²) < 4.78 is 11.4. The van der Waals surface area contributed by atoms with Gasteiger partial charge in [-0.2, -0.15) is 5.10 Å². The van der Waals surface area contributed by atoms with E-state index in [0.29, 0.717) is 17.9 Å². The normalized spacial score (nSPS) is 14.0. The van der Waals surface area contributed by atoms with Gasteiger partial charge in [0.05, 0.1) is 5.71 Å². The van der Waals surface area contributed by atoms with Crippen LogP contribution in [0.1, 0.15) is 51.4 Å². The number of benzene rings is 2. The number of fused-ring (bicyclic) bond motifs is 1. The number of amides is 2. The number of carbonyl (C=O) groups is 2. The molecule has 1 aliphatic carbocycles. The molecule has 0 radical (unpaired) electrons. The van der Waals surface area contributed by atoms with Gasteiger partial charge >= 0.3 is 0 Å². The lowest BCUT2D eigenvalue weighted by Gasteiger charge is -2.13. The van der Waals surface area contributed by atoms with Crippen LogP contribution in [0.25, 0.3) is 0 Å². The Labute approximate surface area is 192 Å². The molecule has 7 heteroatoms. The molecule has 2 N–H and O–H groups in total. The summed E-state index contributed by atoms with van der Waals surface area (Å²) in [7, 11) is 0. The summed E-state index contributed by atoms with van der Waals surface area (Å²) in [6, 6.07) is 14.9. The van der Waals surface area contributed by atoms with Crippen molar-refractivity contribution in [2.75, 3.05) is 11.9 Å². The molecule has 0 unspecified atom stereocenters. The number of hydrogen-bond donors (Lipinski definition) is 2. The maximum Gasteiger partial charge on any atom is 0.291 e. The minimum atomic E-state index is -0.354. The minimum Gasteiger partial charge on any atom is -0.484 e. The van der Waals surface area contributed by atoms with E-state index in [-0.39, 0.29) is 24.2 Å². The number of rotatable bonds is 6. The van der Waals surface area contributed by atoms with E-state index in [4.69, 9.17) is 9.15 Å². The molecule has 0 aliphatic heterocycles. The van der Waals surface area contributed by atoms with Crippen LogP contribution in [-0.2, 0) is 11.2 Å². The van der Waals surface area contributed by atoms with Crippen molar-refractivity contribution in [2.24, 2.45) is 5.10 Å². The SMILES string of the molecule is Cc1cccc(NC(=O)c2oc3c(c2C)/C(=N/NC(=O)COc2ccccc2)CCC3)c1C. The summed E-state index contributed by atoms with van der Waals surface area (Å²) >= 11 is 0. The fourth-order valence-corrected chi connectivity index (χ4v) is 3.89. The molecular weight excluding hydrogens is 418 g/mol. The Bertz CT molecular complexity index is 1210. The summed E-state index contributed by atoms with van der Waals surface area (Å²) in [6.07, 6.45) is 2.23. The Hall–Kier alpha value is -3.87. The topological polar surface area (TPSA) is 92.9 Å². The van der Waals surface area contributed by atoms with E-state index in [0.717, 1.165) is 46.5 Å². The van der Waals surface area contributed by atoms with E-state index >= 15 is 0 Å². The van der Waals surface area contributed by atoms with Crippen molar-refractivity contribution < 1.29 is 18.7 Å². The van der Waals surface area contributed by atoms with Crippen LogP contribution in [0.15, 0.2) is 58.0 Å². The molecule has 4 rings (SSSR count). The standard InChI is InChI=1S/C26H27N3O4/c1-16-9-7-12-20(17(16)2)27-26(31)25-18(3)24-21(13-8-14-22(24)33-25)28-29-23(30)15-32-19-10-5-4-6-11-19/h4-7,9-12H,8,13-15H2,1-3H3,(H,27,31)(H,29,30)/b28-21+. The first-order chi connectivity index (χ1) is 15.9. The van der Waals surface area contributed by atoms with Crippen LogP contribution in [0, 0.1) is 20.8 Å². The van der Waals surface area contributed by atoms with Gasteiger partial charge in [0, 0.05) is 23.2 Å². The van der Waals surface area contributed by atoms with Crippen molar-refractivity contribution >= 4 is 23.2 Å². The zero-order chi connectivity index (χ0) is 23.4. The van der Waals surface area contributed by atoms with Gasteiger partial charge in [0.25, 0.3) is 11.8 Å². The highest BCUT2D eigenvalue weighted by molar-refractivity contribution is 6.09. The molecule has 0 fully saturated rings. The van der Waals surface area contributed by atoms with Gasteiger partial charge in [-0.15, -0.1) is 0 Å². The molecule has 33 heavy (non-hydrogen) atoms. The zero-order valence-electron chi connectivity index (χ0n) is 19.0. The lowest BCUT2D eigenvalue weighted by Crippen LogP contribution is -2.27. The van der Waals surface area contributed by atoms with E-state index in [1.165, 1.54) is 0 Å². The molecule has 3 aromatic rings. The fourth-order valence-electron chi connectivity index (χ4n) is 3.89. The molecule has 1 heterocycles. The van der Waals surface area contributed by atoms with Crippen LogP contribution in [-0.4, -0.2) is 24.1 Å². The van der Waals surface area contributed by atoms with Crippen molar-refractivity contribution in [1.29, 1.82) is 0 Å². The molecule has 170 valence electrons. The molecule has 0 spiro atoms. The van der Waals surface area contributed by atoms with Crippen molar-refractivity contribution in [1.82, 2.24) is 5.43 Å². The van der Waals surface area contributed by atoms with Crippen molar-refractivity contribution in [3.63, 3.8) is 0 Å². The summed E-state index contributed by atoms with van der Waals surface area (Å²) in [5, 5.41) is 7.28. The number of hydrazone groups is 1. The number of carbonyl (C=O) groups excluding carboxylic acids is 2. The van der Waals surface area contributed by atoms with E-state index in [1.807, 2.05) is 57.2 Å². The highest BCUT2D eigenvalue weighted by Gasteiger charge is 2.28. The molecule has 7 nitrogen and oxygen atoms in total. The second-order valence-electron chi connectivity index (χ2n) is 8.10. The number of anilines is 1. The van der Waals surface area contributed by atoms with Crippen molar-refractivity contribution in [3.05, 3.63) is 82.3 Å². The Morgan fingerprint density at radius 1 is 1.00 bits per heavy atom. The number of ether oxygens (including phenoxy) is 1. The monoisotopic (exact) mass is 445 g/mol. The number of nitrogens with zero attached hydrogens (tertiary/aromatic N) is 1. The van der Waals surface area contributed by atoms with Gasteiger partial charge in [0.15, 0.2) is 12.4 Å². The van der Waals surface area contributed by atoms with Crippen LogP contribution in [0.2, 0.25) is 0 Å². The van der Waals surface area contributed by atoms with Gasteiger partial charge in [-0.05, 0) is 62.9 Å². The average Bonchev–Trinajstić information content (AvgIpc) is 3.17. The maximum atomic E-state index is 13.0. The van der Waals surface area contributed by atoms with E-state index in [2.05, 4.69) is 15.8 Å². The number of para-hydroxylation sites is 1. The summed E-state index contributed by atoms with van der Waals surface area (Å²) in [5.41, 5.74) is 7.67. The van der Waals surface area contributed by atoms with Crippen molar-refractivity contribution in [2.45, 2.75) is 40.0 Å². The van der Waals surface area contributed by atoms with Gasteiger partial charge in [0.2, 0.25) is 0 Å². The fraction of sp³-hybridized carbons (Fsp3) is 0.269. The summed E-state index contributed by atoms with van der Waals surface area (Å²) in [4.78, 5) is 25.2. The van der Waals surface area contributed by atoms with Crippen LogP contribution < -0.4 is 15.5 Å². The zero-order valence-corrected chi connectivity index (χ0v) is 19.0. The van der Waals surface area contributed by atoms with Crippen LogP contribution in [0.4, 0.5) is 5.69 Å². The quantitative estimate of drug-likeness (QED) is 0.538. The van der Waals surface area contributed by atoms with E-state index in [1.54, 1.807) is 12.1 Å². The Kier molecular flexibility index (Phi) is 6.58. The largest absolute Gasteiger partial charge is 0.484 e. The maximum absolute atomic E-state index is 13.0. The van der Waals surface area contributed by atoms with Gasteiger partial charge < -0.3 is 14.5 Å². The van der Waals surface area contributed by atoms with Crippen LogP contribution in [0.5, 0.6) is 5.75 Å². The molecule has 2 aromatic carbocycles. The number of aryl methyl sites for hydroxylation is 2. The third-order valence-electron chi connectivity index (χ3n) is 5.81. The van der Waals surface area contributed by atoms with Gasteiger partial charge in [0.1, 0.15) is 11.5 Å². The molecule has 0 atom stereocenters. The second kappa shape index (κ2) is 9.73. The number of nitrogens with one attached hydrogen (secondary N) is 2. The highest BCUT2D eigenvalue weighted by Crippen LogP contribution is 2.30. The predicted molar refractivity (Wildman–Crippen MR) is 127 cm³/mol. The van der Waals surface area contributed by atoms with Crippen LogP contribution in [0.3, 0.4) is 0 Å². The molecule has 0 saturated heterocycles. The Balaban J connectivity index is 1.48. The molecular formula is C26H27N3O4. The smallest absolute Gasteiger partial charge is 0.291 e. The first kappa shape index (κ1) is 22.3. The van der Waals surface area contributed by atoms with Gasteiger partial charge in [-0.3, -0.25) is 9.59 Å². The lowest BCUT2D eigenvalue weighted by molar-refractivity contribution is -0.123. The molecule has 1 aromatic heterocycles. The average molecular weight is 446 g/mol. The van der Waals surface area contributed by atoms with Crippen LogP contribution >= 0.6 is 0 Å². The minimum absolute atomic E-state index is 0.137. The molecule has 1 aliphatic rings. The number of hydrogen-bond acceptors (Lipinski definition) is 5. The number of furan rings is 1. The Morgan fingerprint density at radius 2 is 1.79 bits per heavy atom. The summed E-state index contributed by atoms with van der Waals surface area (Å²) in [5.74, 6) is 0.959. The third kappa shape index (κ3) is 4.98. The third-order valence-corrected chi connectivity index (χ3v) is 5.81. The molecule has 2 amide bonds. The van der Waals surface area contributed by atoms with Gasteiger partial charge in [-0.25, -0.2) is 5.43 Å². The first-order valence-electron chi connectivity index (χ1n) is 11.0. The second-order valence-corrected chi connectivity index (χ2v) is 8.10. The van der Waals surface area contributed by atoms with E-state index in [9.17, 15) is 9.59 Å².